The second kappa shape index (κ2) is 7.90. The van der Waals surface area contributed by atoms with Gasteiger partial charge in [-0.3, -0.25) is 14.9 Å². The molecule has 1 aliphatic rings. The average Bonchev–Trinajstić information content (AvgIpc) is 2.98. The molecule has 3 atom stereocenters. The van der Waals surface area contributed by atoms with Gasteiger partial charge in [0.2, 0.25) is 0 Å². The molecule has 0 radical (unpaired) electrons. The highest BCUT2D eigenvalue weighted by molar-refractivity contribution is 5.89. The first-order chi connectivity index (χ1) is 11.5. The van der Waals surface area contributed by atoms with E-state index in [1.165, 1.54) is 24.3 Å². The Bertz CT molecular complexity index is 612. The van der Waals surface area contributed by atoms with Gasteiger partial charge in [0.05, 0.1) is 23.0 Å². The van der Waals surface area contributed by atoms with Gasteiger partial charge in [0.15, 0.2) is 0 Å². The highest BCUT2D eigenvalue weighted by Gasteiger charge is 2.40. The number of hydrogen-bond donors (Lipinski definition) is 0. The van der Waals surface area contributed by atoms with Crippen LogP contribution in [0.2, 0.25) is 0 Å². The highest BCUT2D eigenvalue weighted by Crippen LogP contribution is 2.37. The maximum Gasteiger partial charge on any atom is 0.338 e. The number of rotatable bonds is 6. The number of hydrogen-bond acceptors (Lipinski definition) is 6. The summed E-state index contributed by atoms with van der Waals surface area (Å²) in [6, 6.07) is 5.27. The van der Waals surface area contributed by atoms with Gasteiger partial charge in [0.1, 0.15) is 6.10 Å². The van der Waals surface area contributed by atoms with E-state index in [2.05, 4.69) is 0 Å². The summed E-state index contributed by atoms with van der Waals surface area (Å²) < 4.78 is 10.6. The van der Waals surface area contributed by atoms with Crippen LogP contribution >= 0.6 is 0 Å². The molecule has 0 bridgehead atoms. The van der Waals surface area contributed by atoms with E-state index in [0.29, 0.717) is 19.4 Å². The zero-order chi connectivity index (χ0) is 17.7. The third-order valence-corrected chi connectivity index (χ3v) is 4.35. The van der Waals surface area contributed by atoms with E-state index in [9.17, 15) is 19.7 Å². The lowest BCUT2D eigenvalue weighted by Gasteiger charge is -2.14. The number of carbonyl (C=O) groups is 2. The van der Waals surface area contributed by atoms with Crippen molar-refractivity contribution in [1.29, 1.82) is 0 Å². The maximum atomic E-state index is 12.2. The smallest absolute Gasteiger partial charge is 0.338 e. The van der Waals surface area contributed by atoms with Crippen molar-refractivity contribution >= 4 is 17.6 Å². The van der Waals surface area contributed by atoms with Crippen LogP contribution in [0.4, 0.5) is 5.69 Å². The van der Waals surface area contributed by atoms with Crippen LogP contribution in [-0.4, -0.2) is 29.6 Å². The number of esters is 2. The first-order valence-electron chi connectivity index (χ1n) is 8.08. The first-order valence-corrected chi connectivity index (χ1v) is 8.08. The van der Waals surface area contributed by atoms with Crippen molar-refractivity contribution in [2.24, 2.45) is 11.8 Å². The molecule has 0 amide bonds. The predicted octanol–water partition coefficient (Wildman–Crippen LogP) is 3.12. The fraction of sp³-hybridized carbons (Fsp3) is 0.529. The second-order valence-electron chi connectivity index (χ2n) is 5.83. The lowest BCUT2D eigenvalue weighted by molar-refractivity contribution is -0.384. The van der Waals surface area contributed by atoms with Crippen molar-refractivity contribution in [3.8, 4) is 0 Å². The predicted molar refractivity (Wildman–Crippen MR) is 85.4 cm³/mol. The van der Waals surface area contributed by atoms with Gasteiger partial charge in [0, 0.05) is 12.1 Å². The number of non-ortho nitro benzene ring substituents is 1. The molecule has 0 spiro atoms. The molecule has 2 rings (SSSR count). The molecule has 7 heteroatoms. The number of benzene rings is 1. The third kappa shape index (κ3) is 4.10. The molecule has 0 heterocycles. The van der Waals surface area contributed by atoms with E-state index in [4.69, 9.17) is 9.47 Å². The van der Waals surface area contributed by atoms with E-state index >= 15 is 0 Å². The lowest BCUT2D eigenvalue weighted by Crippen LogP contribution is -2.21. The summed E-state index contributed by atoms with van der Waals surface area (Å²) in [5, 5.41) is 10.6. The van der Waals surface area contributed by atoms with Crippen molar-refractivity contribution in [3.05, 3.63) is 39.9 Å². The summed E-state index contributed by atoms with van der Waals surface area (Å²) in [5.74, 6) is -0.879. The van der Waals surface area contributed by atoms with Crippen LogP contribution in [0, 0.1) is 22.0 Å². The van der Waals surface area contributed by atoms with Gasteiger partial charge < -0.3 is 9.47 Å². The summed E-state index contributed by atoms with van der Waals surface area (Å²) in [7, 11) is 0. The van der Waals surface area contributed by atoms with Crippen LogP contribution in [0.3, 0.4) is 0 Å². The minimum atomic E-state index is -0.533. The molecular formula is C17H21NO6. The molecule has 0 saturated heterocycles. The van der Waals surface area contributed by atoms with E-state index in [1.54, 1.807) is 6.92 Å². The van der Waals surface area contributed by atoms with Gasteiger partial charge in [-0.05, 0) is 37.8 Å². The minimum absolute atomic E-state index is 0.0826. The van der Waals surface area contributed by atoms with Gasteiger partial charge in [-0.1, -0.05) is 13.3 Å². The minimum Gasteiger partial charge on any atom is -0.466 e. The van der Waals surface area contributed by atoms with Gasteiger partial charge in [-0.25, -0.2) is 4.79 Å². The summed E-state index contributed by atoms with van der Waals surface area (Å²) >= 11 is 0. The zero-order valence-corrected chi connectivity index (χ0v) is 13.8. The largest absolute Gasteiger partial charge is 0.466 e. The molecule has 0 aliphatic heterocycles. The molecule has 1 fully saturated rings. The van der Waals surface area contributed by atoms with Crippen molar-refractivity contribution in [3.63, 3.8) is 0 Å². The van der Waals surface area contributed by atoms with Gasteiger partial charge in [0.25, 0.3) is 5.69 Å². The number of nitrogens with zero attached hydrogens (tertiary/aromatic N) is 1. The summed E-state index contributed by atoms with van der Waals surface area (Å²) in [4.78, 5) is 34.3. The standard InChI is InChI=1S/C17H21NO6/c1-3-11-9-14(10-15(11)17(20)23-4-2)24-16(19)12-5-7-13(8-6-12)18(21)22/h5-8,11,14-15H,3-4,9-10H2,1-2H3. The number of carbonyl (C=O) groups excluding carboxylic acids is 2. The summed E-state index contributed by atoms with van der Waals surface area (Å²) in [5.41, 5.74) is 0.175. The number of nitro groups is 1. The zero-order valence-electron chi connectivity index (χ0n) is 13.8. The highest BCUT2D eigenvalue weighted by atomic mass is 16.6. The topological polar surface area (TPSA) is 95.7 Å². The number of nitro benzene ring substituents is 1. The van der Waals surface area contributed by atoms with Gasteiger partial charge in [-0.2, -0.15) is 0 Å². The Hall–Kier alpha value is -2.44. The van der Waals surface area contributed by atoms with E-state index in [1.807, 2.05) is 6.92 Å². The van der Waals surface area contributed by atoms with Crippen LogP contribution in [0.1, 0.15) is 43.5 Å². The molecule has 0 aromatic heterocycles. The SMILES string of the molecule is CCOC(=O)C1CC(OC(=O)c2ccc([N+](=O)[O-])cc2)CC1CC. The van der Waals surface area contributed by atoms with E-state index in [-0.39, 0.29) is 35.2 Å². The van der Waals surface area contributed by atoms with Crippen molar-refractivity contribution in [1.82, 2.24) is 0 Å². The van der Waals surface area contributed by atoms with Crippen LogP contribution in [0.5, 0.6) is 0 Å². The molecule has 130 valence electrons. The van der Waals surface area contributed by atoms with Crippen LogP contribution in [0.15, 0.2) is 24.3 Å². The van der Waals surface area contributed by atoms with Crippen molar-refractivity contribution < 1.29 is 24.0 Å². The summed E-state index contributed by atoms with van der Waals surface area (Å²) in [6.07, 6.45) is 1.55. The second-order valence-corrected chi connectivity index (χ2v) is 5.83. The molecule has 7 nitrogen and oxygen atoms in total. The monoisotopic (exact) mass is 335 g/mol. The van der Waals surface area contributed by atoms with Crippen molar-refractivity contribution in [2.75, 3.05) is 6.61 Å². The van der Waals surface area contributed by atoms with Gasteiger partial charge in [-0.15, -0.1) is 0 Å². The molecule has 1 saturated carbocycles. The Kier molecular flexibility index (Phi) is 5.89. The summed E-state index contributed by atoms with van der Waals surface area (Å²) in [6.45, 7) is 4.09. The Morgan fingerprint density at radius 2 is 1.88 bits per heavy atom. The Labute approximate surface area is 140 Å². The van der Waals surface area contributed by atoms with E-state index < -0.39 is 10.9 Å². The average molecular weight is 335 g/mol. The molecule has 3 unspecified atom stereocenters. The van der Waals surface area contributed by atoms with Crippen molar-refractivity contribution in [2.45, 2.75) is 39.2 Å². The third-order valence-electron chi connectivity index (χ3n) is 4.35. The Morgan fingerprint density at radius 1 is 1.21 bits per heavy atom. The van der Waals surface area contributed by atoms with Crippen LogP contribution in [0.25, 0.3) is 0 Å². The molecular weight excluding hydrogens is 314 g/mol. The number of ether oxygens (including phenoxy) is 2. The van der Waals surface area contributed by atoms with Crippen LogP contribution < -0.4 is 0 Å². The fourth-order valence-electron chi connectivity index (χ4n) is 3.10. The Morgan fingerprint density at radius 3 is 2.42 bits per heavy atom. The molecule has 1 aliphatic carbocycles. The normalized spacial score (nSPS) is 22.8. The van der Waals surface area contributed by atoms with Gasteiger partial charge >= 0.3 is 11.9 Å². The Balaban J connectivity index is 1.99. The molecule has 0 N–H and O–H groups in total. The van der Waals surface area contributed by atoms with Crippen LogP contribution in [-0.2, 0) is 14.3 Å². The molecule has 24 heavy (non-hydrogen) atoms. The maximum absolute atomic E-state index is 12.2. The first kappa shape index (κ1) is 17.9. The van der Waals surface area contributed by atoms with E-state index in [0.717, 1.165) is 6.42 Å². The molecule has 1 aromatic rings. The quantitative estimate of drug-likeness (QED) is 0.450. The lowest BCUT2D eigenvalue weighted by atomic mass is 9.94. The molecule has 1 aromatic carbocycles. The fourth-order valence-corrected chi connectivity index (χ4v) is 3.10.